The van der Waals surface area contributed by atoms with Crippen LogP contribution in [0.5, 0.6) is 11.5 Å². The van der Waals surface area contributed by atoms with Crippen LogP contribution in [0.2, 0.25) is 0 Å². The number of rotatable bonds is 8. The highest BCUT2D eigenvalue weighted by atomic mass is 32.2. The zero-order chi connectivity index (χ0) is 40.7. The van der Waals surface area contributed by atoms with Crippen molar-refractivity contribution < 1.29 is 10.2 Å². The molecule has 0 amide bonds. The number of thioether (sulfide) groups is 1. The van der Waals surface area contributed by atoms with Gasteiger partial charge in [-0.15, -0.1) is 0 Å². The summed E-state index contributed by atoms with van der Waals surface area (Å²) in [6.07, 6.45) is 15.4. The van der Waals surface area contributed by atoms with Gasteiger partial charge in [0.05, 0.1) is 0 Å². The van der Waals surface area contributed by atoms with Crippen molar-refractivity contribution in [3.63, 3.8) is 0 Å². The first-order valence-electron chi connectivity index (χ1n) is 23.8. The lowest BCUT2D eigenvalue weighted by Crippen LogP contribution is -2.32. The number of aromatic hydroxyl groups is 2. The molecule has 2 aromatic rings. The Hall–Kier alpha value is -1.61. The summed E-state index contributed by atoms with van der Waals surface area (Å²) in [4.78, 5) is 0. The molecule has 8 aliphatic carbocycles. The first-order chi connectivity index (χ1) is 26.5. The predicted molar refractivity (Wildman–Crippen MR) is 239 cm³/mol. The SMILES string of the molecule is CC1(C)C2CCC1(C)C(c1cc(CSCc3cc(C4CC5CCC4(C)C5(C)C)c(O)c(C4CC5CCC4(C)C5(C)C)c3)cc(C3CC4CCC3(C)C4(C)C)c1O)C2. The molecule has 57 heavy (non-hydrogen) atoms. The minimum absolute atomic E-state index is 0.227. The highest BCUT2D eigenvalue weighted by Gasteiger charge is 2.66. The van der Waals surface area contributed by atoms with Crippen molar-refractivity contribution in [2.45, 2.75) is 195 Å². The maximum atomic E-state index is 12.5. The lowest BCUT2D eigenvalue weighted by atomic mass is 9.63. The summed E-state index contributed by atoms with van der Waals surface area (Å²) in [6, 6.07) is 9.90. The van der Waals surface area contributed by atoms with Gasteiger partial charge in [0, 0.05) is 11.5 Å². The lowest BCUT2D eigenvalue weighted by Gasteiger charge is -2.42. The van der Waals surface area contributed by atoms with E-state index in [9.17, 15) is 10.2 Å². The summed E-state index contributed by atoms with van der Waals surface area (Å²) in [5.74, 6) is 7.94. The smallest absolute Gasteiger partial charge is 0.122 e. The summed E-state index contributed by atoms with van der Waals surface area (Å²) in [6.45, 7) is 30.4. The molecule has 12 atom stereocenters. The van der Waals surface area contributed by atoms with Crippen molar-refractivity contribution in [2.24, 2.45) is 67.0 Å². The van der Waals surface area contributed by atoms with Crippen molar-refractivity contribution >= 4 is 11.8 Å². The fourth-order valence-corrected chi connectivity index (χ4v) is 18.6. The molecule has 0 radical (unpaired) electrons. The Morgan fingerprint density at radius 2 is 0.649 bits per heavy atom. The van der Waals surface area contributed by atoms with E-state index in [4.69, 9.17) is 0 Å². The zero-order valence-corrected chi connectivity index (χ0v) is 38.9. The van der Waals surface area contributed by atoms with E-state index in [-0.39, 0.29) is 21.7 Å². The fourth-order valence-electron chi connectivity index (χ4n) is 17.7. The number of hydrogen-bond donors (Lipinski definition) is 2. The van der Waals surface area contributed by atoms with E-state index >= 15 is 0 Å². The van der Waals surface area contributed by atoms with Gasteiger partial charge in [0.1, 0.15) is 11.5 Å². The predicted octanol–water partition coefficient (Wildman–Crippen LogP) is 15.3. The van der Waals surface area contributed by atoms with Crippen molar-refractivity contribution in [2.75, 3.05) is 0 Å². The second-order valence-electron chi connectivity index (χ2n) is 25.4. The maximum Gasteiger partial charge on any atom is 0.122 e. The Balaban J connectivity index is 1.01. The molecule has 0 heterocycles. The zero-order valence-electron chi connectivity index (χ0n) is 38.1. The molecule has 2 aromatic carbocycles. The van der Waals surface area contributed by atoms with Gasteiger partial charge in [-0.2, -0.15) is 11.8 Å². The van der Waals surface area contributed by atoms with E-state index < -0.39 is 0 Å². The minimum Gasteiger partial charge on any atom is -0.507 e. The number of fused-ring (bicyclic) bond motifs is 8. The van der Waals surface area contributed by atoms with Gasteiger partial charge in [0.15, 0.2) is 0 Å². The average Bonchev–Trinajstić information content (AvgIpc) is 3.90. The van der Waals surface area contributed by atoms with Crippen LogP contribution in [-0.2, 0) is 11.5 Å². The molecular weight excluding hydrogens is 713 g/mol. The normalized spacial score (nSPS) is 44.8. The molecule has 0 aliphatic heterocycles. The Morgan fingerprint density at radius 1 is 0.421 bits per heavy atom. The van der Waals surface area contributed by atoms with E-state index in [0.29, 0.717) is 56.8 Å². The molecule has 3 heteroatoms. The van der Waals surface area contributed by atoms with Crippen LogP contribution < -0.4 is 0 Å². The summed E-state index contributed by atoms with van der Waals surface area (Å²) >= 11 is 2.07. The fraction of sp³-hybridized carbons (Fsp3) is 0.778. The van der Waals surface area contributed by atoms with E-state index in [0.717, 1.165) is 35.2 Å². The molecule has 8 fully saturated rings. The van der Waals surface area contributed by atoms with E-state index in [1.54, 1.807) is 0 Å². The third kappa shape index (κ3) is 4.80. The second kappa shape index (κ2) is 12.1. The molecule has 0 saturated heterocycles. The lowest BCUT2D eigenvalue weighted by molar-refractivity contribution is 0.130. The van der Waals surface area contributed by atoms with Crippen LogP contribution in [0.15, 0.2) is 24.3 Å². The number of phenolic OH excluding ortho intramolecular Hbond substituents is 2. The van der Waals surface area contributed by atoms with Gasteiger partial charge in [-0.3, -0.25) is 0 Å². The van der Waals surface area contributed by atoms with Gasteiger partial charge in [0.25, 0.3) is 0 Å². The van der Waals surface area contributed by atoms with Crippen molar-refractivity contribution in [1.82, 2.24) is 0 Å². The molecule has 0 spiro atoms. The van der Waals surface area contributed by atoms with Gasteiger partial charge in [-0.1, -0.05) is 107 Å². The van der Waals surface area contributed by atoms with Crippen molar-refractivity contribution in [3.8, 4) is 11.5 Å². The largest absolute Gasteiger partial charge is 0.507 e. The number of phenols is 2. The third-order valence-corrected chi connectivity index (χ3v) is 24.7. The van der Waals surface area contributed by atoms with Crippen LogP contribution in [0.3, 0.4) is 0 Å². The first-order valence-corrected chi connectivity index (χ1v) is 25.0. The van der Waals surface area contributed by atoms with Gasteiger partial charge in [-0.05, 0) is 201 Å². The van der Waals surface area contributed by atoms with Gasteiger partial charge in [-0.25, -0.2) is 0 Å². The molecule has 312 valence electrons. The Morgan fingerprint density at radius 3 is 0.825 bits per heavy atom. The van der Waals surface area contributed by atoms with Crippen LogP contribution >= 0.6 is 11.8 Å². The van der Waals surface area contributed by atoms with E-state index in [2.05, 4.69) is 119 Å². The number of hydrogen-bond acceptors (Lipinski definition) is 3. The summed E-state index contributed by atoms with van der Waals surface area (Å²) in [7, 11) is 0. The van der Waals surface area contributed by atoms with Crippen molar-refractivity contribution in [3.05, 3.63) is 57.6 Å². The highest BCUT2D eigenvalue weighted by Crippen LogP contribution is 2.76. The highest BCUT2D eigenvalue weighted by molar-refractivity contribution is 7.97. The molecule has 12 unspecified atom stereocenters. The Bertz CT molecular complexity index is 1730. The molecular formula is C54H78O2S. The Labute approximate surface area is 351 Å². The van der Waals surface area contributed by atoms with Crippen LogP contribution in [0.1, 0.15) is 217 Å². The minimum atomic E-state index is 0.227. The van der Waals surface area contributed by atoms with Crippen LogP contribution in [0, 0.1) is 67.0 Å². The maximum absolute atomic E-state index is 12.5. The Kier molecular flexibility index (Phi) is 8.36. The third-order valence-electron chi connectivity index (χ3n) is 23.7. The summed E-state index contributed by atoms with van der Waals surface area (Å²) in [5, 5.41) is 25.1. The topological polar surface area (TPSA) is 40.5 Å². The van der Waals surface area contributed by atoms with Crippen LogP contribution in [0.25, 0.3) is 0 Å². The molecule has 2 nitrogen and oxygen atoms in total. The monoisotopic (exact) mass is 791 g/mol. The van der Waals surface area contributed by atoms with Crippen LogP contribution in [-0.4, -0.2) is 10.2 Å². The van der Waals surface area contributed by atoms with Crippen LogP contribution in [0.4, 0.5) is 0 Å². The molecule has 2 N–H and O–H groups in total. The standard InChI is InChI=1S/C54H78O2S/c1-47(2)33-13-17-51(47,9)41(25-33)37-21-31(22-38(45(37)55)42-26-34-14-18-52(42,10)48(34,3)4)29-57-30-32-23-39(43-27-35-15-19-53(43,11)49(35,5)6)46(56)40(24-32)44-28-36-16-20-54(44,12)50(36,7)8/h21-24,33-36,41-44,55-56H,13-20,25-30H2,1-12H3. The number of benzene rings is 2. The molecule has 0 aromatic heterocycles. The van der Waals surface area contributed by atoms with E-state index in [1.165, 1.54) is 110 Å². The molecule has 10 rings (SSSR count). The average molecular weight is 791 g/mol. The summed E-state index contributed by atoms with van der Waals surface area (Å²) < 4.78 is 0. The first kappa shape index (κ1) is 39.5. The van der Waals surface area contributed by atoms with E-state index in [1.807, 2.05) is 0 Å². The molecule has 8 saturated carbocycles. The van der Waals surface area contributed by atoms with Gasteiger partial charge >= 0.3 is 0 Å². The van der Waals surface area contributed by atoms with Gasteiger partial charge in [0.2, 0.25) is 0 Å². The summed E-state index contributed by atoms with van der Waals surface area (Å²) in [5.41, 5.74) is 10.1. The second-order valence-corrected chi connectivity index (χ2v) is 26.4. The van der Waals surface area contributed by atoms with Crippen molar-refractivity contribution in [1.29, 1.82) is 0 Å². The molecule has 8 aliphatic rings. The molecule has 8 bridgehead atoms. The quantitative estimate of drug-likeness (QED) is 0.280. The van der Waals surface area contributed by atoms with Gasteiger partial charge < -0.3 is 10.2 Å².